The number of nitrogens with one attached hydrogen (secondary N) is 2. The van der Waals surface area contributed by atoms with Crippen molar-refractivity contribution in [2.45, 2.75) is 37.5 Å². The third kappa shape index (κ3) is 6.79. The minimum atomic E-state index is -4.68. The van der Waals surface area contributed by atoms with Crippen LogP contribution >= 0.6 is 0 Å². The lowest BCUT2D eigenvalue weighted by Gasteiger charge is -2.16. The van der Waals surface area contributed by atoms with Crippen LogP contribution in [0.1, 0.15) is 18.4 Å². The molecule has 0 unspecified atom stereocenters. The number of rotatable bonds is 9. The van der Waals surface area contributed by atoms with Crippen molar-refractivity contribution in [3.63, 3.8) is 0 Å². The van der Waals surface area contributed by atoms with Gasteiger partial charge < -0.3 is 25.9 Å². The van der Waals surface area contributed by atoms with E-state index in [1.807, 2.05) is 18.2 Å². The van der Waals surface area contributed by atoms with Crippen LogP contribution in [0.15, 0.2) is 30.5 Å². The second-order valence-electron chi connectivity index (χ2n) is 6.39. The molecule has 5 N–H and O–H groups in total. The van der Waals surface area contributed by atoms with Gasteiger partial charge in [-0.2, -0.15) is 13.2 Å². The molecule has 1 aromatic heterocycles. The predicted octanol–water partition coefficient (Wildman–Crippen LogP) is 1.49. The first kappa shape index (κ1) is 22.2. The van der Waals surface area contributed by atoms with Gasteiger partial charge in [-0.25, -0.2) is 4.79 Å². The number of carboxylic acids is 1. The van der Waals surface area contributed by atoms with Gasteiger partial charge in [-0.05, 0) is 18.1 Å². The number of halogens is 3. The average molecular weight is 415 g/mol. The molecule has 29 heavy (non-hydrogen) atoms. The summed E-state index contributed by atoms with van der Waals surface area (Å²) in [5.74, 6) is -3.24. The molecule has 11 heteroatoms. The second-order valence-corrected chi connectivity index (χ2v) is 6.39. The third-order valence-corrected chi connectivity index (χ3v) is 4.10. The van der Waals surface area contributed by atoms with Crippen molar-refractivity contribution in [3.05, 3.63) is 36.0 Å². The van der Waals surface area contributed by atoms with E-state index in [-0.39, 0.29) is 19.3 Å². The molecule has 0 fully saturated rings. The van der Waals surface area contributed by atoms with E-state index in [9.17, 15) is 32.7 Å². The fourth-order valence-corrected chi connectivity index (χ4v) is 2.65. The molecule has 8 nitrogen and oxygen atoms in total. The van der Waals surface area contributed by atoms with Crippen molar-refractivity contribution in [1.82, 2.24) is 10.3 Å². The number of carbonyl (C=O) groups is 3. The number of carbonyl (C=O) groups excluding carboxylic acids is 2. The largest absolute Gasteiger partial charge is 0.480 e. The van der Waals surface area contributed by atoms with Gasteiger partial charge in [0.1, 0.15) is 12.1 Å². The van der Waals surface area contributed by atoms with Crippen molar-refractivity contribution < 1.29 is 37.4 Å². The summed E-state index contributed by atoms with van der Waals surface area (Å²) in [5, 5.41) is 12.5. The highest BCUT2D eigenvalue weighted by Gasteiger charge is 2.31. The summed E-state index contributed by atoms with van der Waals surface area (Å²) in [6.45, 7) is -1.77. The molecule has 158 valence electrons. The number of amides is 1. The average Bonchev–Trinajstić information content (AvgIpc) is 3.06. The predicted molar refractivity (Wildman–Crippen MR) is 95.8 cm³/mol. The molecule has 0 aliphatic heterocycles. The number of aromatic amines is 1. The Bertz CT molecular complexity index is 881. The summed E-state index contributed by atoms with van der Waals surface area (Å²) in [4.78, 5) is 37.9. The summed E-state index contributed by atoms with van der Waals surface area (Å²) in [6, 6.07) is 4.60. The van der Waals surface area contributed by atoms with Gasteiger partial charge in [0.25, 0.3) is 0 Å². The maximum Gasteiger partial charge on any atom is 0.422 e. The van der Waals surface area contributed by atoms with Crippen molar-refractivity contribution in [2.24, 2.45) is 5.73 Å². The van der Waals surface area contributed by atoms with E-state index in [0.717, 1.165) is 10.9 Å². The minimum Gasteiger partial charge on any atom is -0.480 e. The first-order valence-electron chi connectivity index (χ1n) is 8.63. The standard InChI is InChI=1S/C18H20F3N3O5/c19-18(20,21)9-29-17(28)12(22)5-6-15(25)24-14(16(26)27)7-10-8-23-13-4-2-1-3-11(10)13/h1-4,8,12,14,23H,5-7,9,22H2,(H,24,25)(H,26,27)/t12-,14-/m1/s1. The highest BCUT2D eigenvalue weighted by atomic mass is 19.4. The number of aromatic nitrogens is 1. The van der Waals surface area contributed by atoms with Gasteiger partial charge in [-0.3, -0.25) is 9.59 Å². The fraction of sp³-hybridized carbons (Fsp3) is 0.389. The van der Waals surface area contributed by atoms with Crippen molar-refractivity contribution in [3.8, 4) is 0 Å². The van der Waals surface area contributed by atoms with Gasteiger partial charge in [0.2, 0.25) is 5.91 Å². The number of benzene rings is 1. The van der Waals surface area contributed by atoms with Crippen LogP contribution in [0.25, 0.3) is 10.9 Å². The number of esters is 1. The van der Waals surface area contributed by atoms with Gasteiger partial charge in [0.15, 0.2) is 6.61 Å². The number of hydrogen-bond donors (Lipinski definition) is 4. The van der Waals surface area contributed by atoms with Crippen LogP contribution in [-0.4, -0.2) is 52.8 Å². The first-order chi connectivity index (χ1) is 13.6. The summed E-state index contributed by atoms with van der Waals surface area (Å²) in [6.07, 6.45) is -3.64. The van der Waals surface area contributed by atoms with E-state index in [1.54, 1.807) is 12.3 Å². The van der Waals surface area contributed by atoms with Crippen LogP contribution in [-0.2, 0) is 25.5 Å². The lowest BCUT2D eigenvalue weighted by Crippen LogP contribution is -2.43. The second kappa shape index (κ2) is 9.41. The number of H-pyrrole nitrogens is 1. The van der Waals surface area contributed by atoms with Crippen LogP contribution in [0.5, 0.6) is 0 Å². The Morgan fingerprint density at radius 3 is 2.59 bits per heavy atom. The molecule has 0 radical (unpaired) electrons. The molecular formula is C18H20F3N3O5. The Kier molecular flexibility index (Phi) is 7.21. The van der Waals surface area contributed by atoms with Gasteiger partial charge in [0.05, 0.1) is 0 Å². The summed E-state index contributed by atoms with van der Waals surface area (Å²) < 4.78 is 40.1. The molecule has 2 atom stereocenters. The SMILES string of the molecule is N[C@H](CCC(=O)N[C@H](Cc1c[nH]c2ccccc12)C(=O)O)C(=O)OCC(F)(F)F. The molecule has 0 aliphatic carbocycles. The first-order valence-corrected chi connectivity index (χ1v) is 8.63. The molecule has 1 heterocycles. The maximum absolute atomic E-state index is 12.0. The molecule has 0 spiro atoms. The van der Waals surface area contributed by atoms with Gasteiger partial charge in [0, 0.05) is 29.9 Å². The highest BCUT2D eigenvalue weighted by molar-refractivity contribution is 5.87. The van der Waals surface area contributed by atoms with Crippen LogP contribution in [0, 0.1) is 0 Å². The summed E-state index contributed by atoms with van der Waals surface area (Å²) in [5.41, 5.74) is 6.93. The van der Waals surface area contributed by atoms with Crippen LogP contribution in [0.2, 0.25) is 0 Å². The Morgan fingerprint density at radius 1 is 1.24 bits per heavy atom. The molecule has 0 saturated carbocycles. The van der Waals surface area contributed by atoms with Gasteiger partial charge in [-0.1, -0.05) is 18.2 Å². The highest BCUT2D eigenvalue weighted by Crippen LogP contribution is 2.19. The number of fused-ring (bicyclic) bond motifs is 1. The summed E-state index contributed by atoms with van der Waals surface area (Å²) in [7, 11) is 0. The Hall–Kier alpha value is -3.08. The number of aliphatic carboxylic acids is 1. The van der Waals surface area contributed by atoms with Gasteiger partial charge >= 0.3 is 18.1 Å². The number of alkyl halides is 3. The van der Waals surface area contributed by atoms with E-state index < -0.39 is 42.7 Å². The minimum absolute atomic E-state index is 0.0186. The number of nitrogens with two attached hydrogens (primary N) is 1. The topological polar surface area (TPSA) is 135 Å². The van der Waals surface area contributed by atoms with Crippen molar-refractivity contribution >= 4 is 28.7 Å². The normalized spacial score (nSPS) is 13.7. The zero-order chi connectivity index (χ0) is 21.6. The van der Waals surface area contributed by atoms with E-state index in [4.69, 9.17) is 5.73 Å². The Labute approximate surface area is 163 Å². The smallest absolute Gasteiger partial charge is 0.422 e. The van der Waals surface area contributed by atoms with E-state index >= 15 is 0 Å². The molecule has 0 saturated heterocycles. The van der Waals surface area contributed by atoms with E-state index in [1.165, 1.54) is 0 Å². The molecule has 1 aromatic carbocycles. The van der Waals surface area contributed by atoms with E-state index in [2.05, 4.69) is 15.0 Å². The molecule has 0 aliphatic rings. The number of ether oxygens (including phenoxy) is 1. The zero-order valence-corrected chi connectivity index (χ0v) is 15.2. The number of carboxylic acid groups (broad SMARTS) is 1. The lowest BCUT2D eigenvalue weighted by atomic mass is 10.0. The zero-order valence-electron chi connectivity index (χ0n) is 15.2. The quantitative estimate of drug-likeness (QED) is 0.459. The Morgan fingerprint density at radius 2 is 1.93 bits per heavy atom. The van der Waals surface area contributed by atoms with Gasteiger partial charge in [-0.15, -0.1) is 0 Å². The van der Waals surface area contributed by atoms with Crippen molar-refractivity contribution in [2.75, 3.05) is 6.61 Å². The van der Waals surface area contributed by atoms with Crippen molar-refractivity contribution in [1.29, 1.82) is 0 Å². The number of hydrogen-bond acceptors (Lipinski definition) is 5. The van der Waals surface area contributed by atoms with E-state index in [0.29, 0.717) is 5.56 Å². The monoisotopic (exact) mass is 415 g/mol. The molecule has 2 aromatic rings. The Balaban J connectivity index is 1.88. The fourth-order valence-electron chi connectivity index (χ4n) is 2.65. The van der Waals surface area contributed by atoms with Crippen LogP contribution < -0.4 is 11.1 Å². The molecular weight excluding hydrogens is 395 g/mol. The number of para-hydroxylation sites is 1. The van der Waals surface area contributed by atoms with Crippen LogP contribution in [0.3, 0.4) is 0 Å². The maximum atomic E-state index is 12.0. The molecule has 0 bridgehead atoms. The molecule has 1 amide bonds. The summed E-state index contributed by atoms with van der Waals surface area (Å²) >= 11 is 0. The molecule has 2 rings (SSSR count). The van der Waals surface area contributed by atoms with Crippen LogP contribution in [0.4, 0.5) is 13.2 Å². The third-order valence-electron chi connectivity index (χ3n) is 4.10. The lowest BCUT2D eigenvalue weighted by molar-refractivity contribution is -0.187.